The number of hydrogen-bond donors (Lipinski definition) is 3. The molecule has 2 saturated carbocycles. The van der Waals surface area contributed by atoms with E-state index >= 15 is 0 Å². The summed E-state index contributed by atoms with van der Waals surface area (Å²) in [7, 11) is 3.21. The first kappa shape index (κ1) is 38.4. The van der Waals surface area contributed by atoms with Gasteiger partial charge in [0.1, 0.15) is 23.2 Å². The SMILES string of the molecule is COc1cc2nn(C3CCC(CNC4CCC(c5cccc6c5n(C)c(=O)n6C5CCC(=O)NC5=O)CC4)CC3)cc2cc1NC(=O)c1cccc(C(F)(F)F)n1. The maximum Gasteiger partial charge on any atom is 0.433 e. The minimum Gasteiger partial charge on any atom is -0.494 e. The summed E-state index contributed by atoms with van der Waals surface area (Å²) in [6, 6.07) is 12.5. The first-order chi connectivity index (χ1) is 27.4. The number of imidazole rings is 1. The predicted octanol–water partition coefficient (Wildman–Crippen LogP) is 6.39. The molecular formula is C41H45F3N8O5. The number of halogens is 3. The van der Waals surface area contributed by atoms with Gasteiger partial charge in [-0.25, -0.2) is 9.78 Å². The molecule has 0 radical (unpaired) electrons. The van der Waals surface area contributed by atoms with E-state index in [0.717, 1.165) is 92.0 Å². The molecule has 0 spiro atoms. The van der Waals surface area contributed by atoms with Crippen LogP contribution in [0.15, 0.2) is 59.5 Å². The summed E-state index contributed by atoms with van der Waals surface area (Å²) in [6.45, 7) is 0.947. The number of carbonyl (C=O) groups excluding carboxylic acids is 3. The molecule has 3 aliphatic rings. The zero-order chi connectivity index (χ0) is 40.0. The quantitative estimate of drug-likeness (QED) is 0.145. The van der Waals surface area contributed by atoms with E-state index in [1.54, 1.807) is 28.3 Å². The lowest BCUT2D eigenvalue weighted by Gasteiger charge is -2.33. The zero-order valence-electron chi connectivity index (χ0n) is 31.8. The Morgan fingerprint density at radius 3 is 2.44 bits per heavy atom. The van der Waals surface area contributed by atoms with Crippen LogP contribution in [-0.4, -0.2) is 61.3 Å². The van der Waals surface area contributed by atoms with Gasteiger partial charge in [-0.15, -0.1) is 0 Å². The second-order valence-electron chi connectivity index (χ2n) is 15.6. The van der Waals surface area contributed by atoms with Crippen molar-refractivity contribution in [2.45, 2.75) is 94.4 Å². The fourth-order valence-corrected chi connectivity index (χ4v) is 9.01. The van der Waals surface area contributed by atoms with Crippen molar-refractivity contribution in [3.05, 3.63) is 82.2 Å². The standard InChI is InChI=1S/C41H45F3N8O5/c1-50-37-28(5-3-7-32(37)52(40(50)56)33-17-18-36(53)48-39(33)55)24-11-13-26(14-12-24)45-21-23-9-15-27(16-10-23)51-22-25-19-31(34(57-2)20-30(25)49-51)47-38(54)29-6-4-8-35(46-29)41(42,43)44/h3-8,19-20,22-24,26-27,33,45H,9-18,21H2,1-2H3,(H,47,54)(H,48,53,55). The molecule has 1 saturated heterocycles. The number of imide groups is 1. The van der Waals surface area contributed by atoms with Crippen LogP contribution in [0.4, 0.5) is 18.9 Å². The maximum absolute atomic E-state index is 13.4. The molecule has 300 valence electrons. The number of rotatable bonds is 9. The highest BCUT2D eigenvalue weighted by Gasteiger charge is 2.34. The number of anilines is 1. The molecule has 3 fully saturated rings. The van der Waals surface area contributed by atoms with Crippen molar-refractivity contribution in [2.75, 3.05) is 19.0 Å². The van der Waals surface area contributed by atoms with E-state index in [2.05, 4.69) is 27.0 Å². The number of nitrogens with zero attached hydrogens (tertiary/aromatic N) is 5. The molecule has 16 heteroatoms. The van der Waals surface area contributed by atoms with E-state index in [4.69, 9.17) is 9.84 Å². The van der Waals surface area contributed by atoms with Gasteiger partial charge in [-0.1, -0.05) is 18.2 Å². The minimum absolute atomic E-state index is 0.207. The third-order valence-electron chi connectivity index (χ3n) is 12.1. The lowest BCUT2D eigenvalue weighted by atomic mass is 9.80. The molecule has 3 amide bonds. The van der Waals surface area contributed by atoms with Gasteiger partial charge in [0.2, 0.25) is 11.8 Å². The predicted molar refractivity (Wildman–Crippen MR) is 206 cm³/mol. The number of aromatic nitrogens is 5. The number of ether oxygens (including phenoxy) is 1. The zero-order valence-corrected chi connectivity index (χ0v) is 31.8. The number of piperidine rings is 1. The highest BCUT2D eigenvalue weighted by molar-refractivity contribution is 6.05. The second kappa shape index (κ2) is 15.4. The summed E-state index contributed by atoms with van der Waals surface area (Å²) in [5.41, 5.74) is 1.98. The first-order valence-electron chi connectivity index (χ1n) is 19.6. The third kappa shape index (κ3) is 7.66. The van der Waals surface area contributed by atoms with Crippen LogP contribution in [0.2, 0.25) is 0 Å². The lowest BCUT2D eigenvalue weighted by molar-refractivity contribution is -0.141. The number of alkyl halides is 3. The Bertz CT molecular complexity index is 2400. The van der Waals surface area contributed by atoms with Crippen LogP contribution in [0.5, 0.6) is 5.75 Å². The van der Waals surface area contributed by atoms with Crippen molar-refractivity contribution in [2.24, 2.45) is 13.0 Å². The smallest absolute Gasteiger partial charge is 0.433 e. The number of amides is 3. The summed E-state index contributed by atoms with van der Waals surface area (Å²) >= 11 is 0. The molecule has 57 heavy (non-hydrogen) atoms. The average Bonchev–Trinajstić information content (AvgIpc) is 3.74. The Kier molecular flexibility index (Phi) is 10.4. The highest BCUT2D eigenvalue weighted by Crippen LogP contribution is 2.39. The topological polar surface area (TPSA) is 154 Å². The monoisotopic (exact) mass is 786 g/mol. The summed E-state index contributed by atoms with van der Waals surface area (Å²) in [5.74, 6) is -0.334. The van der Waals surface area contributed by atoms with Crippen molar-refractivity contribution in [1.82, 2.24) is 34.5 Å². The van der Waals surface area contributed by atoms with Gasteiger partial charge < -0.3 is 15.4 Å². The van der Waals surface area contributed by atoms with Gasteiger partial charge >= 0.3 is 11.9 Å². The van der Waals surface area contributed by atoms with E-state index in [9.17, 15) is 32.3 Å². The average molecular weight is 787 g/mol. The van der Waals surface area contributed by atoms with Crippen LogP contribution < -0.4 is 26.4 Å². The number of benzene rings is 2. The molecule has 8 rings (SSSR count). The number of para-hydroxylation sites is 1. The molecule has 1 atom stereocenters. The van der Waals surface area contributed by atoms with Gasteiger partial charge in [0.05, 0.1) is 35.4 Å². The number of fused-ring (bicyclic) bond motifs is 2. The molecule has 3 N–H and O–H groups in total. The van der Waals surface area contributed by atoms with E-state index < -0.39 is 29.7 Å². The molecular weight excluding hydrogens is 741 g/mol. The van der Waals surface area contributed by atoms with Crippen LogP contribution in [0.25, 0.3) is 21.9 Å². The summed E-state index contributed by atoms with van der Waals surface area (Å²) < 4.78 is 50.2. The number of aryl methyl sites for hydroxylation is 1. The normalized spacial score (nSPS) is 23.1. The third-order valence-corrected chi connectivity index (χ3v) is 12.1. The van der Waals surface area contributed by atoms with E-state index in [1.807, 2.05) is 23.0 Å². The van der Waals surface area contributed by atoms with Gasteiger partial charge in [-0.3, -0.25) is 33.5 Å². The molecule has 2 aliphatic carbocycles. The van der Waals surface area contributed by atoms with Gasteiger partial charge in [0, 0.05) is 37.2 Å². The van der Waals surface area contributed by atoms with Crippen molar-refractivity contribution >= 4 is 45.3 Å². The Balaban J connectivity index is 0.849. The van der Waals surface area contributed by atoms with Gasteiger partial charge in [-0.2, -0.15) is 18.3 Å². The Hall–Kier alpha value is -5.51. The van der Waals surface area contributed by atoms with Crippen LogP contribution in [-0.2, 0) is 22.8 Å². The van der Waals surface area contributed by atoms with Crippen LogP contribution in [0.1, 0.15) is 104 Å². The maximum atomic E-state index is 13.4. The van der Waals surface area contributed by atoms with Crippen LogP contribution in [0, 0.1) is 5.92 Å². The Morgan fingerprint density at radius 1 is 0.965 bits per heavy atom. The molecule has 13 nitrogen and oxygen atoms in total. The second-order valence-corrected chi connectivity index (χ2v) is 15.6. The van der Waals surface area contributed by atoms with Gasteiger partial charge in [0.15, 0.2) is 0 Å². The molecule has 4 heterocycles. The van der Waals surface area contributed by atoms with Gasteiger partial charge in [-0.05, 0) is 106 Å². The molecule has 0 bridgehead atoms. The summed E-state index contributed by atoms with van der Waals surface area (Å²) in [6.07, 6.45) is 5.87. The van der Waals surface area contributed by atoms with E-state index in [1.165, 1.54) is 13.2 Å². The largest absolute Gasteiger partial charge is 0.494 e. The number of carbonyl (C=O) groups is 3. The Morgan fingerprint density at radius 2 is 1.72 bits per heavy atom. The van der Waals surface area contributed by atoms with Crippen molar-refractivity contribution < 1.29 is 32.3 Å². The molecule has 1 aliphatic heterocycles. The fourth-order valence-electron chi connectivity index (χ4n) is 9.01. The molecule has 5 aromatic rings. The number of pyridine rings is 1. The van der Waals surface area contributed by atoms with E-state index in [-0.39, 0.29) is 29.8 Å². The lowest BCUT2D eigenvalue weighted by Crippen LogP contribution is -2.44. The fraction of sp³-hybridized carbons (Fsp3) is 0.463. The summed E-state index contributed by atoms with van der Waals surface area (Å²) in [5, 5.41) is 14.5. The molecule has 3 aromatic heterocycles. The van der Waals surface area contributed by atoms with Crippen molar-refractivity contribution in [3.8, 4) is 5.75 Å². The Labute approximate surface area is 326 Å². The van der Waals surface area contributed by atoms with Crippen LogP contribution >= 0.6 is 0 Å². The first-order valence-corrected chi connectivity index (χ1v) is 19.6. The molecule has 1 unspecified atom stereocenters. The number of nitrogens with one attached hydrogen (secondary N) is 3. The van der Waals surface area contributed by atoms with Crippen molar-refractivity contribution in [3.63, 3.8) is 0 Å². The minimum atomic E-state index is -4.67. The van der Waals surface area contributed by atoms with Crippen LogP contribution in [0.3, 0.4) is 0 Å². The molecule has 2 aromatic carbocycles. The van der Waals surface area contributed by atoms with Crippen molar-refractivity contribution in [1.29, 1.82) is 0 Å². The van der Waals surface area contributed by atoms with E-state index in [0.29, 0.717) is 41.3 Å². The number of methoxy groups -OCH3 is 1. The highest BCUT2D eigenvalue weighted by atomic mass is 19.4. The summed E-state index contributed by atoms with van der Waals surface area (Å²) in [4.78, 5) is 54.2. The number of hydrogen-bond acceptors (Lipinski definition) is 8. The van der Waals surface area contributed by atoms with Gasteiger partial charge in [0.25, 0.3) is 5.91 Å².